The van der Waals surface area contributed by atoms with Gasteiger partial charge in [-0.3, -0.25) is 4.79 Å². The van der Waals surface area contributed by atoms with Gasteiger partial charge in [0.25, 0.3) is 5.91 Å². The predicted octanol–water partition coefficient (Wildman–Crippen LogP) is 4.82. The molecule has 0 radical (unpaired) electrons. The van der Waals surface area contributed by atoms with Crippen molar-refractivity contribution in [2.45, 2.75) is 13.8 Å². The van der Waals surface area contributed by atoms with Crippen molar-refractivity contribution in [3.63, 3.8) is 0 Å². The number of carbonyl (C=O) groups excluding carboxylic acids is 1. The Labute approximate surface area is 171 Å². The molecule has 1 aromatic heterocycles. The third-order valence-electron chi connectivity index (χ3n) is 4.66. The van der Waals surface area contributed by atoms with Gasteiger partial charge in [-0.05, 0) is 26.0 Å². The number of hydrogen-bond acceptors (Lipinski definition) is 4. The molecule has 0 aliphatic heterocycles. The second-order valence-corrected chi connectivity index (χ2v) is 6.12. The predicted molar refractivity (Wildman–Crippen MR) is 115 cm³/mol. The normalized spacial score (nSPS) is 10.3. The quantitative estimate of drug-likeness (QED) is 0.595. The van der Waals surface area contributed by atoms with Crippen molar-refractivity contribution in [1.29, 1.82) is 0 Å². The van der Waals surface area contributed by atoms with Crippen LogP contribution in [0.15, 0.2) is 48.5 Å². The number of pyridine rings is 1. The van der Waals surface area contributed by atoms with E-state index < -0.39 is 0 Å². The lowest BCUT2D eigenvalue weighted by Gasteiger charge is -2.20. The number of methoxy groups -OCH3 is 2. The molecule has 5 nitrogen and oxygen atoms in total. The molecule has 1 heterocycles. The maximum atomic E-state index is 13.2. The highest BCUT2D eigenvalue weighted by molar-refractivity contribution is 6.08. The van der Waals surface area contributed by atoms with Gasteiger partial charge in [0, 0.05) is 30.1 Å². The minimum absolute atomic E-state index is 0. The summed E-state index contributed by atoms with van der Waals surface area (Å²) in [6.07, 6.45) is 0. The largest absolute Gasteiger partial charge is 0.493 e. The number of carbonyl (C=O) groups is 1. The zero-order valence-electron chi connectivity index (χ0n) is 16.6. The van der Waals surface area contributed by atoms with Crippen LogP contribution in [-0.2, 0) is 0 Å². The molecule has 0 atom stereocenters. The summed E-state index contributed by atoms with van der Waals surface area (Å²) in [6.45, 7) is 5.25. The summed E-state index contributed by atoms with van der Waals surface area (Å²) in [6, 6.07) is 15.4. The zero-order chi connectivity index (χ0) is 19.4. The summed E-state index contributed by atoms with van der Waals surface area (Å²) in [5.74, 6) is 1.15. The van der Waals surface area contributed by atoms with E-state index in [4.69, 9.17) is 14.5 Å². The number of aromatic nitrogens is 1. The Morgan fingerprint density at radius 1 is 0.964 bits per heavy atom. The van der Waals surface area contributed by atoms with Gasteiger partial charge in [0.15, 0.2) is 11.5 Å². The fraction of sp³-hybridized carbons (Fsp3) is 0.273. The topological polar surface area (TPSA) is 51.7 Å². The molecule has 6 heteroatoms. The first-order valence-corrected chi connectivity index (χ1v) is 9.04. The molecule has 28 heavy (non-hydrogen) atoms. The Hall–Kier alpha value is -2.79. The number of benzene rings is 2. The van der Waals surface area contributed by atoms with Gasteiger partial charge in [0.2, 0.25) is 0 Å². The first-order chi connectivity index (χ1) is 13.1. The van der Waals surface area contributed by atoms with Crippen LogP contribution in [0, 0.1) is 0 Å². The Morgan fingerprint density at radius 2 is 1.57 bits per heavy atom. The van der Waals surface area contributed by atoms with E-state index in [1.807, 2.05) is 62.4 Å². The average Bonchev–Trinajstić information content (AvgIpc) is 2.73. The first kappa shape index (κ1) is 21.5. The number of rotatable bonds is 6. The molecule has 0 saturated heterocycles. The number of fused-ring (bicyclic) bond motifs is 1. The van der Waals surface area contributed by atoms with E-state index in [0.717, 1.165) is 16.6 Å². The van der Waals surface area contributed by atoms with Crippen molar-refractivity contribution < 1.29 is 14.3 Å². The van der Waals surface area contributed by atoms with Crippen molar-refractivity contribution in [2.75, 3.05) is 27.3 Å². The Bertz CT molecular complexity index is 957. The second-order valence-electron chi connectivity index (χ2n) is 6.12. The standard InChI is InChI=1S/C22H24N2O3.ClH/c1-5-24(6-2)22(25)17-12-18(15-10-8-7-9-11-15)23-19-14-21(27-4)20(26-3)13-16(17)19;/h7-14H,5-6H2,1-4H3;1H. The maximum Gasteiger partial charge on any atom is 0.254 e. The fourth-order valence-corrected chi connectivity index (χ4v) is 3.17. The lowest BCUT2D eigenvalue weighted by molar-refractivity contribution is 0.0775. The van der Waals surface area contributed by atoms with Crippen LogP contribution in [-0.4, -0.2) is 43.1 Å². The highest BCUT2D eigenvalue weighted by atomic mass is 35.5. The summed E-state index contributed by atoms with van der Waals surface area (Å²) in [7, 11) is 3.17. The van der Waals surface area contributed by atoms with E-state index in [1.165, 1.54) is 0 Å². The highest BCUT2D eigenvalue weighted by Crippen LogP contribution is 2.35. The van der Waals surface area contributed by atoms with Crippen LogP contribution >= 0.6 is 12.4 Å². The zero-order valence-corrected chi connectivity index (χ0v) is 17.4. The fourth-order valence-electron chi connectivity index (χ4n) is 3.17. The van der Waals surface area contributed by atoms with Crippen LogP contribution in [0.1, 0.15) is 24.2 Å². The minimum atomic E-state index is -0.0169. The van der Waals surface area contributed by atoms with Gasteiger partial charge in [0.1, 0.15) is 0 Å². The Kier molecular flexibility index (Phi) is 7.24. The number of ether oxygens (including phenoxy) is 2. The van der Waals surface area contributed by atoms with Gasteiger partial charge in [-0.2, -0.15) is 0 Å². The summed E-state index contributed by atoms with van der Waals surface area (Å²) in [4.78, 5) is 19.8. The van der Waals surface area contributed by atoms with Gasteiger partial charge in [-0.1, -0.05) is 30.3 Å². The summed E-state index contributed by atoms with van der Waals surface area (Å²) >= 11 is 0. The highest BCUT2D eigenvalue weighted by Gasteiger charge is 2.20. The van der Waals surface area contributed by atoms with Crippen LogP contribution in [0.2, 0.25) is 0 Å². The van der Waals surface area contributed by atoms with Gasteiger partial charge >= 0.3 is 0 Å². The molecule has 0 N–H and O–H groups in total. The number of nitrogens with zero attached hydrogens (tertiary/aromatic N) is 2. The molecule has 0 bridgehead atoms. The molecular weight excluding hydrogens is 376 g/mol. The molecule has 0 unspecified atom stereocenters. The van der Waals surface area contributed by atoms with Crippen molar-refractivity contribution in [3.05, 3.63) is 54.1 Å². The van der Waals surface area contributed by atoms with Gasteiger partial charge in [-0.25, -0.2) is 4.98 Å². The van der Waals surface area contributed by atoms with Crippen LogP contribution < -0.4 is 9.47 Å². The molecule has 0 aliphatic carbocycles. The lowest BCUT2D eigenvalue weighted by Crippen LogP contribution is -2.30. The minimum Gasteiger partial charge on any atom is -0.493 e. The summed E-state index contributed by atoms with van der Waals surface area (Å²) in [5, 5.41) is 0.754. The molecule has 2 aromatic carbocycles. The number of halogens is 1. The third-order valence-corrected chi connectivity index (χ3v) is 4.66. The van der Waals surface area contributed by atoms with E-state index in [0.29, 0.717) is 35.7 Å². The Morgan fingerprint density at radius 3 is 2.14 bits per heavy atom. The third kappa shape index (κ3) is 4.04. The van der Waals surface area contributed by atoms with Crippen LogP contribution in [0.4, 0.5) is 0 Å². The van der Waals surface area contributed by atoms with E-state index >= 15 is 0 Å². The molecule has 3 rings (SSSR count). The molecule has 0 spiro atoms. The average molecular weight is 401 g/mol. The van der Waals surface area contributed by atoms with E-state index in [2.05, 4.69) is 0 Å². The van der Waals surface area contributed by atoms with Crippen LogP contribution in [0.3, 0.4) is 0 Å². The SMILES string of the molecule is CCN(CC)C(=O)c1cc(-c2ccccc2)nc2cc(OC)c(OC)cc12.Cl. The monoisotopic (exact) mass is 400 g/mol. The van der Waals surface area contributed by atoms with Crippen LogP contribution in [0.25, 0.3) is 22.2 Å². The summed E-state index contributed by atoms with van der Waals surface area (Å²) in [5.41, 5.74) is 3.03. The van der Waals surface area contributed by atoms with E-state index in [9.17, 15) is 4.79 Å². The second kappa shape index (κ2) is 9.42. The van der Waals surface area contributed by atoms with Crippen molar-refractivity contribution >= 4 is 29.2 Å². The Balaban J connectivity index is 0.00000280. The molecule has 0 saturated carbocycles. The molecule has 0 fully saturated rings. The molecule has 0 aliphatic rings. The molecule has 148 valence electrons. The first-order valence-electron chi connectivity index (χ1n) is 9.04. The van der Waals surface area contributed by atoms with Gasteiger partial charge in [-0.15, -0.1) is 12.4 Å². The van der Waals surface area contributed by atoms with Crippen molar-refractivity contribution in [3.8, 4) is 22.8 Å². The van der Waals surface area contributed by atoms with E-state index in [-0.39, 0.29) is 18.3 Å². The number of amides is 1. The van der Waals surface area contributed by atoms with Crippen molar-refractivity contribution in [2.24, 2.45) is 0 Å². The van der Waals surface area contributed by atoms with Crippen LogP contribution in [0.5, 0.6) is 11.5 Å². The maximum absolute atomic E-state index is 13.2. The van der Waals surface area contributed by atoms with E-state index in [1.54, 1.807) is 19.1 Å². The van der Waals surface area contributed by atoms with Gasteiger partial charge in [0.05, 0.1) is 31.0 Å². The molecule has 1 amide bonds. The smallest absolute Gasteiger partial charge is 0.254 e. The number of hydrogen-bond donors (Lipinski definition) is 0. The summed E-state index contributed by atoms with van der Waals surface area (Å²) < 4.78 is 10.8. The van der Waals surface area contributed by atoms with Gasteiger partial charge < -0.3 is 14.4 Å². The molecular formula is C22H25ClN2O3. The van der Waals surface area contributed by atoms with Crippen molar-refractivity contribution in [1.82, 2.24) is 9.88 Å². The molecule has 3 aromatic rings. The lowest BCUT2D eigenvalue weighted by atomic mass is 10.0.